The van der Waals surface area contributed by atoms with Gasteiger partial charge in [-0.15, -0.1) is 0 Å². The molecule has 17 heavy (non-hydrogen) atoms. The quantitative estimate of drug-likeness (QED) is 0.798. The Labute approximate surface area is 94.6 Å². The van der Waals surface area contributed by atoms with Gasteiger partial charge in [-0.2, -0.15) is 5.26 Å². The van der Waals surface area contributed by atoms with Crippen molar-refractivity contribution < 1.29 is 18.3 Å². The lowest BCUT2D eigenvalue weighted by Gasteiger charge is -2.08. The van der Waals surface area contributed by atoms with Crippen molar-refractivity contribution in [3.05, 3.63) is 33.2 Å². The third-order valence-electron chi connectivity index (χ3n) is 2.12. The predicted octanol–water partition coefficient (Wildman–Crippen LogP) is 0.900. The first-order valence-corrected chi connectivity index (χ1v) is 4.50. The molecule has 0 fully saturated rings. The molecule has 0 aliphatic rings. The van der Waals surface area contributed by atoms with Gasteiger partial charge in [0, 0.05) is 17.3 Å². The summed E-state index contributed by atoms with van der Waals surface area (Å²) in [5.74, 6) is -0.826. The molecule has 1 N–H and O–H groups in total. The van der Waals surface area contributed by atoms with Gasteiger partial charge in [0.1, 0.15) is 6.07 Å². The molecule has 1 heterocycles. The van der Waals surface area contributed by atoms with E-state index < -0.39 is 35.5 Å². The maximum atomic E-state index is 12.8. The Morgan fingerprint density at radius 2 is 2.29 bits per heavy atom. The Hall–Kier alpha value is -2.23. The van der Waals surface area contributed by atoms with E-state index in [4.69, 9.17) is 5.26 Å². The number of aromatic nitrogens is 1. The summed E-state index contributed by atoms with van der Waals surface area (Å²) in [5, 5.41) is 8.65. The second-order valence-electron chi connectivity index (χ2n) is 3.09. The first-order chi connectivity index (χ1) is 8.01. The zero-order valence-electron chi connectivity index (χ0n) is 8.79. The van der Waals surface area contributed by atoms with Gasteiger partial charge in [0.2, 0.25) is 0 Å². The van der Waals surface area contributed by atoms with Gasteiger partial charge in [-0.25, -0.2) is 8.78 Å². The van der Waals surface area contributed by atoms with Gasteiger partial charge in [0.25, 0.3) is 12.0 Å². The first kappa shape index (κ1) is 12.8. The molecule has 0 unspecified atom stereocenters. The molecule has 7 heteroatoms. The van der Waals surface area contributed by atoms with Crippen molar-refractivity contribution in [3.63, 3.8) is 0 Å². The van der Waals surface area contributed by atoms with E-state index >= 15 is 0 Å². The average molecular weight is 242 g/mol. The SMILES string of the molecule is COC(=O)Cc1c(C(F)F)c(C#N)c[nH]c1=O. The van der Waals surface area contributed by atoms with E-state index in [1.807, 2.05) is 0 Å². The minimum absolute atomic E-state index is 0.362. The van der Waals surface area contributed by atoms with Crippen LogP contribution in [0.4, 0.5) is 8.78 Å². The number of H-pyrrole nitrogens is 1. The zero-order chi connectivity index (χ0) is 13.0. The molecule has 0 spiro atoms. The second-order valence-corrected chi connectivity index (χ2v) is 3.09. The van der Waals surface area contributed by atoms with Gasteiger partial charge in [-0.1, -0.05) is 0 Å². The summed E-state index contributed by atoms with van der Waals surface area (Å²) in [4.78, 5) is 24.5. The Kier molecular flexibility index (Phi) is 3.93. The summed E-state index contributed by atoms with van der Waals surface area (Å²) >= 11 is 0. The van der Waals surface area contributed by atoms with Crippen molar-refractivity contribution >= 4 is 5.97 Å². The van der Waals surface area contributed by atoms with Crippen LogP contribution in [0.15, 0.2) is 11.0 Å². The van der Waals surface area contributed by atoms with Crippen LogP contribution in [-0.2, 0) is 16.0 Å². The van der Waals surface area contributed by atoms with Gasteiger partial charge in [-0.05, 0) is 0 Å². The molecule has 0 amide bonds. The van der Waals surface area contributed by atoms with Crippen molar-refractivity contribution in [1.82, 2.24) is 4.98 Å². The highest BCUT2D eigenvalue weighted by Gasteiger charge is 2.22. The minimum Gasteiger partial charge on any atom is -0.469 e. The van der Waals surface area contributed by atoms with Crippen LogP contribution in [0.1, 0.15) is 23.1 Å². The fourth-order valence-electron chi connectivity index (χ4n) is 1.32. The van der Waals surface area contributed by atoms with Gasteiger partial charge >= 0.3 is 5.97 Å². The maximum absolute atomic E-state index is 12.8. The number of methoxy groups -OCH3 is 1. The van der Waals surface area contributed by atoms with Gasteiger partial charge < -0.3 is 9.72 Å². The van der Waals surface area contributed by atoms with E-state index in [0.717, 1.165) is 13.3 Å². The average Bonchev–Trinajstić information content (AvgIpc) is 2.30. The number of esters is 1. The van der Waals surface area contributed by atoms with Gasteiger partial charge in [0.05, 0.1) is 19.1 Å². The zero-order valence-corrected chi connectivity index (χ0v) is 8.79. The number of hydrogen-bond donors (Lipinski definition) is 1. The number of nitrogens with zero attached hydrogens (tertiary/aromatic N) is 1. The van der Waals surface area contributed by atoms with Crippen LogP contribution in [0.2, 0.25) is 0 Å². The molecular weight excluding hydrogens is 234 g/mol. The Balaban J connectivity index is 3.40. The monoisotopic (exact) mass is 242 g/mol. The molecule has 0 saturated carbocycles. The molecule has 90 valence electrons. The minimum atomic E-state index is -3.01. The number of hydrogen-bond acceptors (Lipinski definition) is 4. The number of ether oxygens (including phenoxy) is 1. The van der Waals surface area contributed by atoms with Gasteiger partial charge in [0.15, 0.2) is 0 Å². The number of alkyl halides is 2. The summed E-state index contributed by atoms with van der Waals surface area (Å²) in [6.07, 6.45) is -2.71. The number of carbonyl (C=O) groups excluding carboxylic acids is 1. The van der Waals surface area contributed by atoms with E-state index in [-0.39, 0.29) is 5.56 Å². The van der Waals surface area contributed by atoms with Crippen LogP contribution >= 0.6 is 0 Å². The highest BCUT2D eigenvalue weighted by Crippen LogP contribution is 2.24. The topological polar surface area (TPSA) is 82.9 Å². The smallest absolute Gasteiger partial charge is 0.310 e. The standard InChI is InChI=1S/C10H8F2N2O3/c1-17-7(15)2-6-8(9(11)12)5(3-13)4-14-10(6)16/h4,9H,2H2,1H3,(H,14,16). The number of pyridine rings is 1. The first-order valence-electron chi connectivity index (χ1n) is 4.50. The number of halogens is 2. The normalized spacial score (nSPS) is 10.1. The molecule has 0 aliphatic heterocycles. The van der Waals surface area contributed by atoms with Crippen molar-refractivity contribution in [2.75, 3.05) is 7.11 Å². The Bertz CT molecular complexity index is 531. The molecule has 5 nitrogen and oxygen atoms in total. The molecule has 1 aromatic heterocycles. The molecule has 0 aliphatic carbocycles. The van der Waals surface area contributed by atoms with Crippen molar-refractivity contribution in [3.8, 4) is 6.07 Å². The van der Waals surface area contributed by atoms with Crippen LogP contribution in [0.3, 0.4) is 0 Å². The predicted molar refractivity (Wildman–Crippen MR) is 52.5 cm³/mol. The fraction of sp³-hybridized carbons (Fsp3) is 0.300. The Morgan fingerprint density at radius 3 is 2.76 bits per heavy atom. The number of nitriles is 1. The summed E-state index contributed by atoms with van der Waals surface area (Å²) < 4.78 is 29.8. The second kappa shape index (κ2) is 5.21. The van der Waals surface area contributed by atoms with E-state index in [2.05, 4.69) is 9.72 Å². The molecule has 0 saturated heterocycles. The van der Waals surface area contributed by atoms with Crippen molar-refractivity contribution in [2.45, 2.75) is 12.8 Å². The lowest BCUT2D eigenvalue weighted by atomic mass is 10.0. The molecule has 0 aromatic carbocycles. The van der Waals surface area contributed by atoms with Crippen LogP contribution in [0.5, 0.6) is 0 Å². The van der Waals surface area contributed by atoms with Crippen LogP contribution in [0, 0.1) is 11.3 Å². The molecule has 1 aromatic rings. The fourth-order valence-corrected chi connectivity index (χ4v) is 1.32. The molecule has 0 atom stereocenters. The highest BCUT2D eigenvalue weighted by molar-refractivity contribution is 5.73. The maximum Gasteiger partial charge on any atom is 0.310 e. The lowest BCUT2D eigenvalue weighted by Crippen LogP contribution is -2.21. The molecule has 1 rings (SSSR count). The molecule has 0 radical (unpaired) electrons. The van der Waals surface area contributed by atoms with Crippen molar-refractivity contribution in [2.24, 2.45) is 0 Å². The highest BCUT2D eigenvalue weighted by atomic mass is 19.3. The number of aromatic amines is 1. The molecule has 0 bridgehead atoms. The van der Waals surface area contributed by atoms with Crippen molar-refractivity contribution in [1.29, 1.82) is 5.26 Å². The third-order valence-corrected chi connectivity index (χ3v) is 2.12. The number of nitrogens with one attached hydrogen (secondary N) is 1. The summed E-state index contributed by atoms with van der Waals surface area (Å²) in [6, 6.07) is 1.53. The Morgan fingerprint density at radius 1 is 1.65 bits per heavy atom. The van der Waals surface area contributed by atoms with Gasteiger partial charge in [-0.3, -0.25) is 9.59 Å². The van der Waals surface area contributed by atoms with E-state index in [9.17, 15) is 18.4 Å². The van der Waals surface area contributed by atoms with E-state index in [1.54, 1.807) is 0 Å². The van der Waals surface area contributed by atoms with E-state index in [1.165, 1.54) is 6.07 Å². The summed E-state index contributed by atoms with van der Waals surface area (Å²) in [6.45, 7) is 0. The van der Waals surface area contributed by atoms with E-state index in [0.29, 0.717) is 0 Å². The molecular formula is C10H8F2N2O3. The number of rotatable bonds is 3. The number of carbonyl (C=O) groups is 1. The lowest BCUT2D eigenvalue weighted by molar-refractivity contribution is -0.139. The summed E-state index contributed by atoms with van der Waals surface area (Å²) in [5.41, 5.74) is -2.35. The van der Waals surface area contributed by atoms with Crippen LogP contribution in [-0.4, -0.2) is 18.1 Å². The third kappa shape index (κ3) is 2.66. The van der Waals surface area contributed by atoms with Crippen LogP contribution < -0.4 is 5.56 Å². The largest absolute Gasteiger partial charge is 0.469 e. The van der Waals surface area contributed by atoms with Crippen LogP contribution in [0.25, 0.3) is 0 Å². The summed E-state index contributed by atoms with van der Waals surface area (Å²) in [7, 11) is 1.08.